The third-order valence-corrected chi connectivity index (χ3v) is 13.4. The zero-order valence-electron chi connectivity index (χ0n) is 26.6. The number of phosphoric acid groups is 1. The van der Waals surface area contributed by atoms with Crippen LogP contribution in [-0.2, 0) is 27.9 Å². The molecule has 5 rings (SSSR count). The van der Waals surface area contributed by atoms with Crippen molar-refractivity contribution in [3.63, 3.8) is 0 Å². The van der Waals surface area contributed by atoms with Crippen LogP contribution in [0.1, 0.15) is 105 Å². The zero-order valence-corrected chi connectivity index (χ0v) is 27.5. The van der Waals surface area contributed by atoms with Crippen LogP contribution < -0.4 is 0 Å². The van der Waals surface area contributed by atoms with E-state index in [4.69, 9.17) is 13.8 Å². The van der Waals surface area contributed by atoms with Gasteiger partial charge in [-0.1, -0.05) is 65.5 Å². The van der Waals surface area contributed by atoms with E-state index in [1.54, 1.807) is 0 Å². The van der Waals surface area contributed by atoms with E-state index in [0.29, 0.717) is 30.1 Å². The van der Waals surface area contributed by atoms with Crippen LogP contribution in [0.15, 0.2) is 11.6 Å². The van der Waals surface area contributed by atoms with Gasteiger partial charge in [-0.3, -0.25) is 13.8 Å². The Morgan fingerprint density at radius 2 is 1.79 bits per heavy atom. The van der Waals surface area contributed by atoms with Crippen molar-refractivity contribution in [2.45, 2.75) is 130 Å². The maximum absolute atomic E-state index is 13.0. The summed E-state index contributed by atoms with van der Waals surface area (Å²) in [4.78, 5) is 34.5. The van der Waals surface area contributed by atoms with Gasteiger partial charge in [0.2, 0.25) is 0 Å². The zero-order chi connectivity index (χ0) is 31.3. The van der Waals surface area contributed by atoms with Crippen molar-refractivity contribution in [2.75, 3.05) is 6.61 Å². The number of aliphatic hydroxyl groups is 2. The molecule has 0 aromatic rings. The first-order chi connectivity index (χ1) is 20.2. The van der Waals surface area contributed by atoms with Gasteiger partial charge in [0.25, 0.3) is 5.78 Å². The molecule has 0 amide bonds. The van der Waals surface area contributed by atoms with Crippen LogP contribution in [0.25, 0.3) is 0 Å². The molecule has 244 valence electrons. The van der Waals surface area contributed by atoms with Crippen LogP contribution in [0.3, 0.4) is 0 Å². The summed E-state index contributed by atoms with van der Waals surface area (Å²) in [6.45, 7) is 11.3. The largest absolute Gasteiger partial charge is 0.473 e. The van der Waals surface area contributed by atoms with Crippen molar-refractivity contribution < 1.29 is 43.0 Å². The number of ketones is 1. The number of ether oxygens (including phenoxy) is 1. The van der Waals surface area contributed by atoms with E-state index in [2.05, 4.69) is 40.7 Å². The molecule has 1 heterocycles. The number of rotatable bonds is 11. The summed E-state index contributed by atoms with van der Waals surface area (Å²) in [5, 5.41) is 19.2. The van der Waals surface area contributed by atoms with Crippen LogP contribution in [0.2, 0.25) is 0 Å². The Bertz CT molecular complexity index is 1140. The molecule has 1 aliphatic heterocycles. The average molecular weight is 625 g/mol. The molecule has 10 heteroatoms. The summed E-state index contributed by atoms with van der Waals surface area (Å²) < 4.78 is 28.4. The highest BCUT2D eigenvalue weighted by molar-refractivity contribution is 7.47. The Balaban J connectivity index is 1.23. The van der Waals surface area contributed by atoms with Crippen molar-refractivity contribution >= 4 is 19.6 Å². The standard InChI is InChI=1S/C33H53O9P/c1-19(2)7-6-8-20(3)24-11-12-25-23-10-9-21-17-22(13-15-32(21,4)26(23)14-16-33(24,25)5)41-43(38,39)42-30-28(36)31(37)40-29(30)27(35)18-34/h9,19-20,22-27,29-30,34-35H,6-8,10-18H2,1-5H3,(H,38,39)/t20?,22-,23?,24?,25?,26?,27?,29-,30?,32-,33+/m0/s1. The maximum Gasteiger partial charge on any atom is 0.473 e. The lowest BCUT2D eigenvalue weighted by molar-refractivity contribution is -0.152. The molecule has 4 fully saturated rings. The summed E-state index contributed by atoms with van der Waals surface area (Å²) in [6, 6.07) is 0. The average Bonchev–Trinajstić information content (AvgIpc) is 3.43. The summed E-state index contributed by atoms with van der Waals surface area (Å²) in [5.74, 6) is 1.89. The second-order valence-corrected chi connectivity index (χ2v) is 16.6. The predicted octanol–water partition coefficient (Wildman–Crippen LogP) is 5.75. The molecule has 0 aromatic heterocycles. The van der Waals surface area contributed by atoms with E-state index in [-0.39, 0.29) is 5.41 Å². The summed E-state index contributed by atoms with van der Waals surface area (Å²) in [7, 11) is -4.79. The van der Waals surface area contributed by atoms with Crippen LogP contribution >= 0.6 is 7.82 Å². The number of hydrogen-bond acceptors (Lipinski definition) is 8. The van der Waals surface area contributed by atoms with Crippen LogP contribution in [0.5, 0.6) is 0 Å². The normalized spacial score (nSPS) is 42.0. The topological polar surface area (TPSA) is 140 Å². The van der Waals surface area contributed by atoms with E-state index in [0.717, 1.165) is 36.5 Å². The number of phosphoric ester groups is 1. The van der Waals surface area contributed by atoms with Gasteiger partial charge < -0.3 is 19.8 Å². The number of hydrogen-bond donors (Lipinski definition) is 3. The van der Waals surface area contributed by atoms with Gasteiger partial charge in [0, 0.05) is 0 Å². The number of aliphatic hydroxyl groups excluding tert-OH is 2. The molecule has 0 aromatic carbocycles. The molecule has 8 unspecified atom stereocenters. The molecule has 0 bridgehead atoms. The molecular formula is C33H53O9P. The van der Waals surface area contributed by atoms with E-state index in [1.807, 2.05) is 0 Å². The number of cyclic esters (lactones) is 1. The second-order valence-electron chi connectivity index (χ2n) is 15.2. The van der Waals surface area contributed by atoms with Crippen molar-refractivity contribution in [2.24, 2.45) is 46.3 Å². The fourth-order valence-electron chi connectivity index (χ4n) is 10.1. The van der Waals surface area contributed by atoms with E-state index < -0.39 is 50.6 Å². The van der Waals surface area contributed by atoms with E-state index >= 15 is 0 Å². The number of carbonyl (C=O) groups excluding carboxylic acids is 2. The van der Waals surface area contributed by atoms with Crippen molar-refractivity contribution in [1.29, 1.82) is 0 Å². The Morgan fingerprint density at radius 3 is 2.49 bits per heavy atom. The first kappa shape index (κ1) is 33.3. The first-order valence-electron chi connectivity index (χ1n) is 16.6. The first-order valence-corrected chi connectivity index (χ1v) is 18.1. The molecule has 5 aliphatic rings. The third-order valence-electron chi connectivity index (χ3n) is 12.4. The van der Waals surface area contributed by atoms with E-state index in [9.17, 15) is 29.3 Å². The lowest BCUT2D eigenvalue weighted by Gasteiger charge is -2.58. The molecule has 1 saturated heterocycles. The minimum Gasteiger partial charge on any atom is -0.450 e. The van der Waals surface area contributed by atoms with E-state index in [1.165, 1.54) is 50.5 Å². The Kier molecular flexibility index (Phi) is 9.75. The summed E-state index contributed by atoms with van der Waals surface area (Å²) in [5.41, 5.74) is 1.73. The van der Waals surface area contributed by atoms with Gasteiger partial charge in [-0.05, 0) is 97.7 Å². The molecule has 9 nitrogen and oxygen atoms in total. The highest BCUT2D eigenvalue weighted by Crippen LogP contribution is 2.67. The smallest absolute Gasteiger partial charge is 0.450 e. The van der Waals surface area contributed by atoms with Gasteiger partial charge in [0.15, 0.2) is 12.2 Å². The maximum atomic E-state index is 13.0. The highest BCUT2D eigenvalue weighted by Gasteiger charge is 2.59. The monoisotopic (exact) mass is 624 g/mol. The Labute approximate surface area is 256 Å². The third kappa shape index (κ3) is 6.33. The number of fused-ring (bicyclic) bond motifs is 5. The van der Waals surface area contributed by atoms with Gasteiger partial charge in [0.05, 0.1) is 12.7 Å². The molecule has 12 atom stereocenters. The molecule has 43 heavy (non-hydrogen) atoms. The predicted molar refractivity (Wildman–Crippen MR) is 161 cm³/mol. The van der Waals surface area contributed by atoms with Crippen molar-refractivity contribution in [1.82, 2.24) is 0 Å². The summed E-state index contributed by atoms with van der Waals surface area (Å²) >= 11 is 0. The number of allylic oxidation sites excluding steroid dienone is 1. The van der Waals surface area contributed by atoms with Crippen molar-refractivity contribution in [3.8, 4) is 0 Å². The minimum absolute atomic E-state index is 0.0311. The molecule has 4 aliphatic carbocycles. The van der Waals surface area contributed by atoms with Crippen molar-refractivity contribution in [3.05, 3.63) is 11.6 Å². The minimum atomic E-state index is -4.79. The fourth-order valence-corrected chi connectivity index (χ4v) is 11.2. The highest BCUT2D eigenvalue weighted by atomic mass is 31.2. The molecule has 3 N–H and O–H groups in total. The molecule has 3 saturated carbocycles. The fraction of sp³-hybridized carbons (Fsp3) is 0.879. The van der Waals surface area contributed by atoms with Gasteiger partial charge in [-0.25, -0.2) is 9.36 Å². The van der Waals surface area contributed by atoms with Gasteiger partial charge in [-0.15, -0.1) is 0 Å². The lowest BCUT2D eigenvalue weighted by atomic mass is 9.47. The van der Waals surface area contributed by atoms with Gasteiger partial charge >= 0.3 is 13.8 Å². The molecule has 0 spiro atoms. The van der Waals surface area contributed by atoms with Crippen LogP contribution in [0.4, 0.5) is 0 Å². The number of carbonyl (C=O) groups is 2. The summed E-state index contributed by atoms with van der Waals surface area (Å²) in [6.07, 6.45) is 8.92. The SMILES string of the molecule is CC(C)CCCC(C)C1CCC2C3CC=C4C[C@@H](OP(=O)(O)OC5C(=O)C(=O)O[C@H]5C(O)CO)CC[C@]4(C)C3CC[C@]12C. The van der Waals surface area contributed by atoms with Gasteiger partial charge in [0.1, 0.15) is 6.10 Å². The Hall–Kier alpha value is -1.09. The number of esters is 1. The lowest BCUT2D eigenvalue weighted by Crippen LogP contribution is -2.51. The number of Topliss-reactive ketones (excluding diaryl/α,β-unsaturated/α-hetero) is 1. The van der Waals surface area contributed by atoms with Crippen LogP contribution in [0, 0.1) is 46.3 Å². The second kappa shape index (κ2) is 12.6. The Morgan fingerprint density at radius 1 is 1.05 bits per heavy atom. The van der Waals surface area contributed by atoms with Gasteiger partial charge in [-0.2, -0.15) is 0 Å². The molecular weight excluding hydrogens is 571 g/mol. The van der Waals surface area contributed by atoms with Crippen LogP contribution in [-0.4, -0.2) is 57.9 Å². The quantitative estimate of drug-likeness (QED) is 0.114. The molecule has 0 radical (unpaired) electrons.